The van der Waals surface area contributed by atoms with Crippen molar-refractivity contribution in [3.63, 3.8) is 0 Å². The number of nitrogens with one attached hydrogen (secondary N) is 1. The van der Waals surface area contributed by atoms with Crippen LogP contribution in [0.3, 0.4) is 0 Å². The first-order chi connectivity index (χ1) is 9.69. The Kier molecular flexibility index (Phi) is 5.56. The average Bonchev–Trinajstić information content (AvgIpc) is 2.48. The maximum absolute atomic E-state index is 11.4. The third-order valence-corrected chi connectivity index (χ3v) is 3.91. The Labute approximate surface area is 121 Å². The first-order valence-electron chi connectivity index (χ1n) is 7.43. The standard InChI is InChI=1S/C16H25N3O/c1-3-16(20)17-12-14-6-4-5-7-15(14)13-19-10-8-18(2)9-11-19/h4-7H,3,8-13H2,1-2H3,(H,17,20). The molecule has 1 aromatic carbocycles. The van der Waals surface area contributed by atoms with E-state index in [1.807, 2.05) is 13.0 Å². The quantitative estimate of drug-likeness (QED) is 0.884. The van der Waals surface area contributed by atoms with E-state index in [1.165, 1.54) is 11.1 Å². The van der Waals surface area contributed by atoms with Crippen molar-refractivity contribution in [3.8, 4) is 0 Å². The number of benzene rings is 1. The molecule has 110 valence electrons. The molecule has 20 heavy (non-hydrogen) atoms. The van der Waals surface area contributed by atoms with Crippen LogP contribution in [0.1, 0.15) is 24.5 Å². The number of amides is 1. The normalized spacial score (nSPS) is 17.1. The zero-order valence-corrected chi connectivity index (χ0v) is 12.6. The number of nitrogens with zero attached hydrogens (tertiary/aromatic N) is 2. The molecule has 0 aromatic heterocycles. The van der Waals surface area contributed by atoms with Crippen molar-refractivity contribution >= 4 is 5.91 Å². The van der Waals surface area contributed by atoms with Crippen molar-refractivity contribution in [2.75, 3.05) is 33.2 Å². The summed E-state index contributed by atoms with van der Waals surface area (Å²) in [6, 6.07) is 8.41. The molecule has 4 nitrogen and oxygen atoms in total. The highest BCUT2D eigenvalue weighted by molar-refractivity contribution is 5.75. The van der Waals surface area contributed by atoms with Crippen LogP contribution in [0.25, 0.3) is 0 Å². The zero-order valence-electron chi connectivity index (χ0n) is 12.6. The Morgan fingerprint density at radius 2 is 1.80 bits per heavy atom. The first-order valence-corrected chi connectivity index (χ1v) is 7.43. The van der Waals surface area contributed by atoms with Crippen LogP contribution in [0.15, 0.2) is 24.3 Å². The topological polar surface area (TPSA) is 35.6 Å². The number of carbonyl (C=O) groups is 1. The fourth-order valence-corrected chi connectivity index (χ4v) is 2.45. The van der Waals surface area contributed by atoms with E-state index in [-0.39, 0.29) is 5.91 Å². The number of carbonyl (C=O) groups excluding carboxylic acids is 1. The van der Waals surface area contributed by atoms with Gasteiger partial charge in [-0.05, 0) is 18.2 Å². The molecule has 0 bridgehead atoms. The summed E-state index contributed by atoms with van der Waals surface area (Å²) in [7, 11) is 2.17. The molecule has 0 radical (unpaired) electrons. The van der Waals surface area contributed by atoms with Gasteiger partial charge in [-0.2, -0.15) is 0 Å². The van der Waals surface area contributed by atoms with Crippen molar-refractivity contribution in [2.45, 2.75) is 26.4 Å². The highest BCUT2D eigenvalue weighted by Crippen LogP contribution is 2.13. The van der Waals surface area contributed by atoms with E-state index < -0.39 is 0 Å². The lowest BCUT2D eigenvalue weighted by atomic mass is 10.1. The molecule has 1 aromatic rings. The zero-order chi connectivity index (χ0) is 14.4. The molecule has 0 aliphatic carbocycles. The predicted octanol–water partition coefficient (Wildman–Crippen LogP) is 1.46. The van der Waals surface area contributed by atoms with Gasteiger partial charge in [0.25, 0.3) is 0 Å². The van der Waals surface area contributed by atoms with E-state index >= 15 is 0 Å². The van der Waals surface area contributed by atoms with Crippen LogP contribution < -0.4 is 5.32 Å². The van der Waals surface area contributed by atoms with Crippen molar-refractivity contribution in [3.05, 3.63) is 35.4 Å². The molecule has 0 spiro atoms. The second-order valence-corrected chi connectivity index (χ2v) is 5.48. The van der Waals surface area contributed by atoms with Crippen LogP contribution in [-0.2, 0) is 17.9 Å². The molecular weight excluding hydrogens is 250 g/mol. The number of piperazine rings is 1. The Morgan fingerprint density at radius 1 is 1.15 bits per heavy atom. The van der Waals surface area contributed by atoms with Gasteiger partial charge in [-0.1, -0.05) is 31.2 Å². The van der Waals surface area contributed by atoms with E-state index in [2.05, 4.69) is 40.4 Å². The number of rotatable bonds is 5. The molecule has 1 saturated heterocycles. The molecular formula is C16H25N3O. The Hall–Kier alpha value is -1.39. The van der Waals surface area contributed by atoms with Crippen LogP contribution in [0.2, 0.25) is 0 Å². The summed E-state index contributed by atoms with van der Waals surface area (Å²) >= 11 is 0. The summed E-state index contributed by atoms with van der Waals surface area (Å²) < 4.78 is 0. The lowest BCUT2D eigenvalue weighted by molar-refractivity contribution is -0.120. The molecule has 0 saturated carbocycles. The van der Waals surface area contributed by atoms with Gasteiger partial charge in [0.2, 0.25) is 5.91 Å². The van der Waals surface area contributed by atoms with Gasteiger partial charge in [0, 0.05) is 45.7 Å². The number of hydrogen-bond donors (Lipinski definition) is 1. The van der Waals surface area contributed by atoms with Gasteiger partial charge in [-0.25, -0.2) is 0 Å². The average molecular weight is 275 g/mol. The SMILES string of the molecule is CCC(=O)NCc1ccccc1CN1CCN(C)CC1. The molecule has 1 amide bonds. The van der Waals surface area contributed by atoms with E-state index in [0.29, 0.717) is 13.0 Å². The van der Waals surface area contributed by atoms with E-state index in [0.717, 1.165) is 32.7 Å². The molecule has 1 heterocycles. The van der Waals surface area contributed by atoms with Crippen molar-refractivity contribution in [1.29, 1.82) is 0 Å². The second kappa shape index (κ2) is 7.41. The second-order valence-electron chi connectivity index (χ2n) is 5.48. The first kappa shape index (κ1) is 15.0. The van der Waals surface area contributed by atoms with Gasteiger partial charge < -0.3 is 10.2 Å². The summed E-state index contributed by atoms with van der Waals surface area (Å²) in [6.07, 6.45) is 0.542. The van der Waals surface area contributed by atoms with E-state index in [4.69, 9.17) is 0 Å². The van der Waals surface area contributed by atoms with Crippen molar-refractivity contribution in [1.82, 2.24) is 15.1 Å². The Morgan fingerprint density at radius 3 is 2.45 bits per heavy atom. The molecule has 1 N–H and O–H groups in total. The largest absolute Gasteiger partial charge is 0.352 e. The molecule has 1 aliphatic rings. The van der Waals surface area contributed by atoms with Gasteiger partial charge in [-0.15, -0.1) is 0 Å². The summed E-state index contributed by atoms with van der Waals surface area (Å²) in [4.78, 5) is 16.2. The molecule has 1 fully saturated rings. The molecule has 4 heteroatoms. The highest BCUT2D eigenvalue weighted by atomic mass is 16.1. The number of likely N-dealkylation sites (N-methyl/N-ethyl adjacent to an activating group) is 1. The third-order valence-electron chi connectivity index (χ3n) is 3.91. The number of hydrogen-bond acceptors (Lipinski definition) is 3. The summed E-state index contributed by atoms with van der Waals surface area (Å²) in [5.41, 5.74) is 2.56. The predicted molar refractivity (Wildman–Crippen MR) is 81.4 cm³/mol. The van der Waals surface area contributed by atoms with Gasteiger partial charge in [0.15, 0.2) is 0 Å². The Balaban J connectivity index is 1.95. The minimum Gasteiger partial charge on any atom is -0.352 e. The molecule has 0 atom stereocenters. The fraction of sp³-hybridized carbons (Fsp3) is 0.562. The van der Waals surface area contributed by atoms with Crippen molar-refractivity contribution in [2.24, 2.45) is 0 Å². The smallest absolute Gasteiger partial charge is 0.219 e. The van der Waals surface area contributed by atoms with E-state index in [9.17, 15) is 4.79 Å². The van der Waals surface area contributed by atoms with Gasteiger partial charge in [0.05, 0.1) is 0 Å². The molecule has 1 aliphatic heterocycles. The van der Waals surface area contributed by atoms with Gasteiger partial charge >= 0.3 is 0 Å². The summed E-state index contributed by atoms with van der Waals surface area (Å²) in [6.45, 7) is 8.00. The van der Waals surface area contributed by atoms with Crippen LogP contribution in [0.4, 0.5) is 0 Å². The lowest BCUT2D eigenvalue weighted by Gasteiger charge is -2.32. The van der Waals surface area contributed by atoms with Crippen LogP contribution >= 0.6 is 0 Å². The summed E-state index contributed by atoms with van der Waals surface area (Å²) in [5, 5.41) is 2.97. The maximum atomic E-state index is 11.4. The van der Waals surface area contributed by atoms with Crippen LogP contribution in [0.5, 0.6) is 0 Å². The molecule has 0 unspecified atom stereocenters. The fourth-order valence-electron chi connectivity index (χ4n) is 2.45. The van der Waals surface area contributed by atoms with E-state index in [1.54, 1.807) is 0 Å². The third kappa shape index (κ3) is 4.32. The van der Waals surface area contributed by atoms with Gasteiger partial charge in [-0.3, -0.25) is 9.69 Å². The van der Waals surface area contributed by atoms with Crippen LogP contribution in [-0.4, -0.2) is 48.9 Å². The summed E-state index contributed by atoms with van der Waals surface area (Å²) in [5.74, 6) is 0.111. The maximum Gasteiger partial charge on any atom is 0.219 e. The minimum absolute atomic E-state index is 0.111. The highest BCUT2D eigenvalue weighted by Gasteiger charge is 2.15. The van der Waals surface area contributed by atoms with Gasteiger partial charge in [0.1, 0.15) is 0 Å². The van der Waals surface area contributed by atoms with Crippen molar-refractivity contribution < 1.29 is 4.79 Å². The molecule has 2 rings (SSSR count). The Bertz CT molecular complexity index is 439. The lowest BCUT2D eigenvalue weighted by Crippen LogP contribution is -2.44. The minimum atomic E-state index is 0.111. The monoisotopic (exact) mass is 275 g/mol. The van der Waals surface area contributed by atoms with Crippen LogP contribution in [0, 0.1) is 0 Å².